The molecule has 0 unspecified atom stereocenters. The van der Waals surface area contributed by atoms with E-state index in [0.29, 0.717) is 11.6 Å². The van der Waals surface area contributed by atoms with Gasteiger partial charge in [-0.2, -0.15) is 0 Å². The molecule has 110 valence electrons. The van der Waals surface area contributed by atoms with Crippen LogP contribution >= 0.6 is 11.6 Å². The van der Waals surface area contributed by atoms with Crippen LogP contribution in [0, 0.1) is 0 Å². The Morgan fingerprint density at radius 1 is 1.40 bits per heavy atom. The molecule has 0 radical (unpaired) electrons. The van der Waals surface area contributed by atoms with Gasteiger partial charge in [-0.1, -0.05) is 23.7 Å². The van der Waals surface area contributed by atoms with Gasteiger partial charge in [0, 0.05) is 18.6 Å². The van der Waals surface area contributed by atoms with Crippen LogP contribution in [0.1, 0.15) is 19.4 Å². The minimum atomic E-state index is -1.13. The third kappa shape index (κ3) is 4.83. The molecular weight excluding hydrogens is 280 g/mol. The van der Waals surface area contributed by atoms with Crippen LogP contribution in [0.15, 0.2) is 24.3 Å². The third-order valence-corrected chi connectivity index (χ3v) is 3.19. The first-order valence-corrected chi connectivity index (χ1v) is 6.57. The number of rotatable bonds is 6. The Hall–Kier alpha value is -1.59. The zero-order valence-electron chi connectivity index (χ0n) is 11.8. The minimum Gasteiger partial charge on any atom is -0.480 e. The van der Waals surface area contributed by atoms with Crippen molar-refractivity contribution in [2.24, 2.45) is 0 Å². The van der Waals surface area contributed by atoms with Crippen molar-refractivity contribution < 1.29 is 14.7 Å². The van der Waals surface area contributed by atoms with Gasteiger partial charge in [-0.25, -0.2) is 0 Å². The number of carboxylic acid groups (broad SMARTS) is 1. The van der Waals surface area contributed by atoms with Crippen LogP contribution in [-0.2, 0) is 16.1 Å². The van der Waals surface area contributed by atoms with Crippen molar-refractivity contribution in [1.82, 2.24) is 10.2 Å². The lowest BCUT2D eigenvalue weighted by atomic mass is 10.1. The van der Waals surface area contributed by atoms with E-state index in [1.54, 1.807) is 19.2 Å². The van der Waals surface area contributed by atoms with Gasteiger partial charge in [0.25, 0.3) is 0 Å². The van der Waals surface area contributed by atoms with E-state index in [1.807, 2.05) is 12.1 Å². The highest BCUT2D eigenvalue weighted by molar-refractivity contribution is 6.30. The van der Waals surface area contributed by atoms with E-state index in [-0.39, 0.29) is 12.5 Å². The fraction of sp³-hybridized carbons (Fsp3) is 0.429. The van der Waals surface area contributed by atoms with Crippen molar-refractivity contribution in [2.45, 2.75) is 25.9 Å². The largest absolute Gasteiger partial charge is 0.480 e. The van der Waals surface area contributed by atoms with Crippen LogP contribution in [0.2, 0.25) is 5.02 Å². The Kier molecular flexibility index (Phi) is 5.53. The topological polar surface area (TPSA) is 69.6 Å². The van der Waals surface area contributed by atoms with Crippen molar-refractivity contribution in [2.75, 3.05) is 13.6 Å². The highest BCUT2D eigenvalue weighted by atomic mass is 35.5. The molecule has 0 aliphatic heterocycles. The SMILES string of the molecule is CN(Cc1cccc(Cl)c1)C(=O)CNC(C)(C)C(=O)O. The number of aliphatic carboxylic acids is 1. The summed E-state index contributed by atoms with van der Waals surface area (Å²) >= 11 is 5.88. The predicted molar refractivity (Wildman–Crippen MR) is 77.6 cm³/mol. The summed E-state index contributed by atoms with van der Waals surface area (Å²) < 4.78 is 0. The predicted octanol–water partition coefficient (Wildman–Crippen LogP) is 1.75. The molecule has 0 spiro atoms. The van der Waals surface area contributed by atoms with Crippen LogP contribution < -0.4 is 5.32 Å². The molecule has 1 aromatic carbocycles. The fourth-order valence-electron chi connectivity index (χ4n) is 1.50. The van der Waals surface area contributed by atoms with Gasteiger partial charge in [0.2, 0.25) is 5.91 Å². The molecule has 0 heterocycles. The Morgan fingerprint density at radius 3 is 2.60 bits per heavy atom. The number of hydrogen-bond donors (Lipinski definition) is 2. The molecule has 0 fully saturated rings. The van der Waals surface area contributed by atoms with Crippen molar-refractivity contribution in [3.8, 4) is 0 Å². The number of halogens is 1. The number of carboxylic acids is 1. The van der Waals surface area contributed by atoms with E-state index in [4.69, 9.17) is 16.7 Å². The third-order valence-electron chi connectivity index (χ3n) is 2.95. The molecule has 1 rings (SSSR count). The normalized spacial score (nSPS) is 11.2. The number of nitrogens with one attached hydrogen (secondary N) is 1. The molecule has 0 aliphatic carbocycles. The van der Waals surface area contributed by atoms with E-state index in [2.05, 4.69) is 5.32 Å². The van der Waals surface area contributed by atoms with Crippen LogP contribution in [0.4, 0.5) is 0 Å². The molecule has 1 aromatic rings. The molecular formula is C14H19ClN2O3. The second-order valence-corrected chi connectivity index (χ2v) is 5.60. The second kappa shape index (κ2) is 6.72. The highest BCUT2D eigenvalue weighted by Gasteiger charge is 2.27. The highest BCUT2D eigenvalue weighted by Crippen LogP contribution is 2.12. The van der Waals surface area contributed by atoms with Crippen molar-refractivity contribution >= 4 is 23.5 Å². The Balaban J connectivity index is 2.54. The second-order valence-electron chi connectivity index (χ2n) is 5.16. The van der Waals surface area contributed by atoms with E-state index in [9.17, 15) is 9.59 Å². The van der Waals surface area contributed by atoms with E-state index >= 15 is 0 Å². The smallest absolute Gasteiger partial charge is 0.323 e. The maximum atomic E-state index is 11.9. The monoisotopic (exact) mass is 298 g/mol. The number of carbonyl (C=O) groups is 2. The maximum absolute atomic E-state index is 11.9. The van der Waals surface area contributed by atoms with Crippen LogP contribution in [0.3, 0.4) is 0 Å². The quantitative estimate of drug-likeness (QED) is 0.839. The van der Waals surface area contributed by atoms with E-state index in [1.165, 1.54) is 18.7 Å². The maximum Gasteiger partial charge on any atom is 0.323 e. The molecule has 2 N–H and O–H groups in total. The van der Waals surface area contributed by atoms with Crippen LogP contribution in [0.25, 0.3) is 0 Å². The summed E-state index contributed by atoms with van der Waals surface area (Å²) in [6.07, 6.45) is 0. The van der Waals surface area contributed by atoms with Crippen molar-refractivity contribution in [1.29, 1.82) is 0 Å². The Labute approximate surface area is 123 Å². The van der Waals surface area contributed by atoms with Crippen LogP contribution in [0.5, 0.6) is 0 Å². The first-order valence-electron chi connectivity index (χ1n) is 6.19. The average Bonchev–Trinajstić information content (AvgIpc) is 2.35. The minimum absolute atomic E-state index is 0.0314. The fourth-order valence-corrected chi connectivity index (χ4v) is 1.72. The molecule has 0 saturated heterocycles. The lowest BCUT2D eigenvalue weighted by Gasteiger charge is -2.23. The van der Waals surface area contributed by atoms with Crippen LogP contribution in [-0.4, -0.2) is 41.0 Å². The van der Waals surface area contributed by atoms with Gasteiger partial charge in [-0.3, -0.25) is 14.9 Å². The van der Waals surface area contributed by atoms with Crippen molar-refractivity contribution in [3.63, 3.8) is 0 Å². The molecule has 6 heteroatoms. The van der Waals surface area contributed by atoms with Gasteiger partial charge < -0.3 is 10.0 Å². The lowest BCUT2D eigenvalue weighted by Crippen LogP contribution is -2.50. The summed E-state index contributed by atoms with van der Waals surface area (Å²) in [4.78, 5) is 24.4. The zero-order valence-corrected chi connectivity index (χ0v) is 12.6. The Morgan fingerprint density at radius 2 is 2.05 bits per heavy atom. The van der Waals surface area contributed by atoms with Gasteiger partial charge in [0.15, 0.2) is 0 Å². The summed E-state index contributed by atoms with van der Waals surface area (Å²) in [5.74, 6) is -1.18. The molecule has 20 heavy (non-hydrogen) atoms. The Bertz CT molecular complexity index is 503. The van der Waals surface area contributed by atoms with E-state index in [0.717, 1.165) is 5.56 Å². The molecule has 0 atom stereocenters. The van der Waals surface area contributed by atoms with Gasteiger partial charge in [-0.15, -0.1) is 0 Å². The standard InChI is InChI=1S/C14H19ClN2O3/c1-14(2,13(19)20)16-8-12(18)17(3)9-10-5-4-6-11(15)7-10/h4-7,16H,8-9H2,1-3H3,(H,19,20). The molecule has 0 bridgehead atoms. The molecule has 0 aromatic heterocycles. The lowest BCUT2D eigenvalue weighted by molar-refractivity contribution is -0.143. The summed E-state index contributed by atoms with van der Waals surface area (Å²) in [5.41, 5.74) is -0.210. The number of benzene rings is 1. The van der Waals surface area contributed by atoms with Gasteiger partial charge in [0.05, 0.1) is 6.54 Å². The molecule has 0 saturated carbocycles. The molecule has 5 nitrogen and oxygen atoms in total. The average molecular weight is 299 g/mol. The number of hydrogen-bond acceptors (Lipinski definition) is 3. The number of likely N-dealkylation sites (N-methyl/N-ethyl adjacent to an activating group) is 1. The first-order chi connectivity index (χ1) is 9.22. The van der Waals surface area contributed by atoms with Gasteiger partial charge >= 0.3 is 5.97 Å². The first kappa shape index (κ1) is 16.5. The number of amides is 1. The summed E-state index contributed by atoms with van der Waals surface area (Å²) in [7, 11) is 1.67. The molecule has 0 aliphatic rings. The zero-order chi connectivity index (χ0) is 15.3. The summed E-state index contributed by atoms with van der Waals surface area (Å²) in [6, 6.07) is 7.26. The van der Waals surface area contributed by atoms with Crippen molar-refractivity contribution in [3.05, 3.63) is 34.9 Å². The summed E-state index contributed by atoms with van der Waals surface area (Å²) in [5, 5.41) is 12.3. The summed E-state index contributed by atoms with van der Waals surface area (Å²) in [6.45, 7) is 3.42. The molecule has 1 amide bonds. The number of carbonyl (C=O) groups excluding carboxylic acids is 1. The van der Waals surface area contributed by atoms with E-state index < -0.39 is 11.5 Å². The van der Waals surface area contributed by atoms with Gasteiger partial charge in [-0.05, 0) is 31.5 Å². The van der Waals surface area contributed by atoms with Gasteiger partial charge in [0.1, 0.15) is 5.54 Å². The number of nitrogens with zero attached hydrogens (tertiary/aromatic N) is 1.